The number of carbonyl (C=O) groups is 1. The monoisotopic (exact) mass is 329 g/mol. The van der Waals surface area contributed by atoms with Crippen LogP contribution in [-0.4, -0.2) is 16.0 Å². The Kier molecular flexibility index (Phi) is 4.78. The molecule has 0 atom stereocenters. The molecule has 14 heavy (non-hydrogen) atoms. The number of nitro groups is 1. The van der Waals surface area contributed by atoms with Crippen molar-refractivity contribution >= 4 is 46.7 Å². The highest BCUT2D eigenvalue weighted by Crippen LogP contribution is 2.21. The van der Waals surface area contributed by atoms with E-state index < -0.39 is 10.9 Å². The molecule has 0 aliphatic rings. The van der Waals surface area contributed by atoms with Gasteiger partial charge in [0.15, 0.2) is 0 Å². The Hall–Kier alpha value is -0.890. The fourth-order valence-electron chi connectivity index (χ4n) is 0.837. The van der Waals surface area contributed by atoms with Crippen LogP contribution in [0.2, 0.25) is 0 Å². The molecule has 0 saturated heterocycles. The third kappa shape index (κ3) is 2.81. The zero-order chi connectivity index (χ0) is 10.0. The predicted molar refractivity (Wildman–Crippen MR) is 60.0 cm³/mol. The minimum absolute atomic E-state index is 0. The molecule has 1 rings (SSSR count). The minimum Gasteiger partial charge on any atom is -0.477 e. The number of hydrogen-bond acceptors (Lipinski definition) is 3. The first-order chi connectivity index (χ1) is 6.02. The van der Waals surface area contributed by atoms with Crippen molar-refractivity contribution in [3.05, 3.63) is 37.4 Å². The van der Waals surface area contributed by atoms with Gasteiger partial charge in [-0.3, -0.25) is 10.1 Å². The fourth-order valence-corrected chi connectivity index (χ4v) is 1.31. The minimum atomic E-state index is -1.29. The number of hydrogen-bond donors (Lipinski definition) is 1. The average Bonchev–Trinajstić information content (AvgIpc) is 2.03. The molecule has 1 aromatic carbocycles. The van der Waals surface area contributed by atoms with Gasteiger partial charge in [0.05, 0.1) is 4.92 Å². The molecule has 0 radical (unpaired) electrons. The molecule has 0 aliphatic heterocycles. The normalized spacial score (nSPS) is 8.93. The molecule has 7 heteroatoms. The quantitative estimate of drug-likeness (QED) is 0.513. The van der Waals surface area contributed by atoms with Crippen molar-refractivity contribution < 1.29 is 14.8 Å². The fraction of sp³-hybridized carbons (Fsp3) is 0. The summed E-state index contributed by atoms with van der Waals surface area (Å²) in [6, 6.07) is 3.96. The second-order valence-electron chi connectivity index (χ2n) is 2.22. The zero-order valence-corrected chi connectivity index (χ0v) is 9.61. The van der Waals surface area contributed by atoms with Crippen LogP contribution in [0.5, 0.6) is 0 Å². The van der Waals surface area contributed by atoms with E-state index in [1.165, 1.54) is 18.2 Å². The Labute approximate surface area is 98.8 Å². The number of rotatable bonds is 2. The van der Waals surface area contributed by atoms with Crippen molar-refractivity contribution in [1.82, 2.24) is 0 Å². The first-order valence-corrected chi connectivity index (χ1v) is 4.27. The molecule has 1 aromatic rings. The number of aromatic carboxylic acids is 1. The lowest BCUT2D eigenvalue weighted by atomic mass is 10.2. The van der Waals surface area contributed by atoms with Gasteiger partial charge in [-0.25, -0.2) is 4.79 Å². The largest absolute Gasteiger partial charge is 0.477 e. The van der Waals surface area contributed by atoms with E-state index in [2.05, 4.69) is 0 Å². The Bertz CT molecular complexity index is 382. The van der Waals surface area contributed by atoms with Crippen LogP contribution in [0.1, 0.15) is 10.4 Å². The maximum Gasteiger partial charge on any atom is 0.342 e. The molecule has 0 aromatic heterocycles. The smallest absolute Gasteiger partial charge is 0.342 e. The molecule has 76 valence electrons. The molecule has 1 N–H and O–H groups in total. The van der Waals surface area contributed by atoms with E-state index in [4.69, 9.17) is 5.11 Å². The molecule has 0 amide bonds. The molecule has 0 unspecified atom stereocenters. The Morgan fingerprint density at radius 1 is 1.50 bits per heavy atom. The molecule has 0 spiro atoms. The zero-order valence-electron chi connectivity index (χ0n) is 6.64. The third-order valence-electron chi connectivity index (χ3n) is 1.39. The summed E-state index contributed by atoms with van der Waals surface area (Å²) in [6.07, 6.45) is 0. The van der Waals surface area contributed by atoms with E-state index in [0.717, 1.165) is 0 Å². The van der Waals surface area contributed by atoms with Gasteiger partial charge in [-0.1, -0.05) is 0 Å². The summed E-state index contributed by atoms with van der Waals surface area (Å²) in [4.78, 5) is 20.2. The lowest BCUT2D eigenvalue weighted by Crippen LogP contribution is -2.02. The van der Waals surface area contributed by atoms with Crippen molar-refractivity contribution in [3.8, 4) is 0 Å². The summed E-state index contributed by atoms with van der Waals surface area (Å²) in [5.41, 5.74) is -0.662. The molecular formula is C7H5ClINO4. The van der Waals surface area contributed by atoms with Crippen molar-refractivity contribution in [1.29, 1.82) is 0 Å². The van der Waals surface area contributed by atoms with Crippen LogP contribution >= 0.6 is 35.0 Å². The molecule has 0 saturated carbocycles. The van der Waals surface area contributed by atoms with Gasteiger partial charge >= 0.3 is 5.97 Å². The number of benzene rings is 1. The van der Waals surface area contributed by atoms with E-state index in [1.807, 2.05) is 22.6 Å². The average molecular weight is 329 g/mol. The molecule has 0 aliphatic carbocycles. The first kappa shape index (κ1) is 13.1. The van der Waals surface area contributed by atoms with Crippen molar-refractivity contribution in [2.75, 3.05) is 0 Å². The maximum atomic E-state index is 10.5. The number of carboxylic acids is 1. The van der Waals surface area contributed by atoms with Gasteiger partial charge in [-0.15, -0.1) is 12.4 Å². The Balaban J connectivity index is 0.00000169. The standard InChI is InChI=1S/C7H4INO4.ClH/c8-4-1-2-5(7(10)11)6(3-4)9(12)13;/h1-3H,(H,10,11);1H. The van der Waals surface area contributed by atoms with Gasteiger partial charge in [0.25, 0.3) is 5.69 Å². The molecule has 0 heterocycles. The van der Waals surface area contributed by atoms with Crippen LogP contribution in [0.25, 0.3) is 0 Å². The Morgan fingerprint density at radius 3 is 2.50 bits per heavy atom. The van der Waals surface area contributed by atoms with Crippen LogP contribution in [-0.2, 0) is 0 Å². The summed E-state index contributed by atoms with van der Waals surface area (Å²) in [7, 11) is 0. The van der Waals surface area contributed by atoms with E-state index >= 15 is 0 Å². The highest BCUT2D eigenvalue weighted by atomic mass is 127. The van der Waals surface area contributed by atoms with Crippen LogP contribution in [0, 0.1) is 13.7 Å². The number of nitrogens with zero attached hydrogens (tertiary/aromatic N) is 1. The summed E-state index contributed by atoms with van der Waals surface area (Å²) < 4.78 is 0.634. The molecule has 5 nitrogen and oxygen atoms in total. The van der Waals surface area contributed by atoms with Crippen molar-refractivity contribution in [3.63, 3.8) is 0 Å². The van der Waals surface area contributed by atoms with Crippen molar-refractivity contribution in [2.45, 2.75) is 0 Å². The summed E-state index contributed by atoms with van der Waals surface area (Å²) >= 11 is 1.88. The third-order valence-corrected chi connectivity index (χ3v) is 2.06. The topological polar surface area (TPSA) is 80.4 Å². The van der Waals surface area contributed by atoms with Crippen LogP contribution in [0.3, 0.4) is 0 Å². The van der Waals surface area contributed by atoms with Gasteiger partial charge in [-0.05, 0) is 34.7 Å². The van der Waals surface area contributed by atoms with Gasteiger partial charge in [0.1, 0.15) is 5.56 Å². The maximum absolute atomic E-state index is 10.5. The first-order valence-electron chi connectivity index (χ1n) is 3.19. The number of carboxylic acid groups (broad SMARTS) is 1. The van der Waals surface area contributed by atoms with E-state index in [1.54, 1.807) is 0 Å². The number of nitro benzene ring substituents is 1. The highest BCUT2D eigenvalue weighted by Gasteiger charge is 2.19. The van der Waals surface area contributed by atoms with Crippen molar-refractivity contribution in [2.24, 2.45) is 0 Å². The Morgan fingerprint density at radius 2 is 2.07 bits per heavy atom. The van der Waals surface area contributed by atoms with E-state index in [-0.39, 0.29) is 23.7 Å². The number of halogens is 2. The lowest BCUT2D eigenvalue weighted by molar-refractivity contribution is -0.385. The summed E-state index contributed by atoms with van der Waals surface area (Å²) in [5.74, 6) is -1.29. The van der Waals surface area contributed by atoms with Gasteiger partial charge in [0.2, 0.25) is 0 Å². The predicted octanol–water partition coefficient (Wildman–Crippen LogP) is 2.32. The molecule has 0 fully saturated rings. The SMILES string of the molecule is Cl.O=C(O)c1ccc(I)cc1[N+](=O)[O-]. The molecule has 0 bridgehead atoms. The molecular weight excluding hydrogens is 324 g/mol. The summed E-state index contributed by atoms with van der Waals surface area (Å²) in [5, 5.41) is 19.0. The van der Waals surface area contributed by atoms with Gasteiger partial charge < -0.3 is 5.11 Å². The van der Waals surface area contributed by atoms with Gasteiger partial charge in [-0.2, -0.15) is 0 Å². The summed E-state index contributed by atoms with van der Waals surface area (Å²) in [6.45, 7) is 0. The second kappa shape index (κ2) is 5.11. The van der Waals surface area contributed by atoms with E-state index in [9.17, 15) is 14.9 Å². The van der Waals surface area contributed by atoms with Crippen LogP contribution in [0.4, 0.5) is 5.69 Å². The van der Waals surface area contributed by atoms with Crippen LogP contribution in [0.15, 0.2) is 18.2 Å². The highest BCUT2D eigenvalue weighted by molar-refractivity contribution is 14.1. The second-order valence-corrected chi connectivity index (χ2v) is 3.47. The van der Waals surface area contributed by atoms with E-state index in [0.29, 0.717) is 3.57 Å². The van der Waals surface area contributed by atoms with Gasteiger partial charge in [0, 0.05) is 9.64 Å². The lowest BCUT2D eigenvalue weighted by Gasteiger charge is -1.97. The van der Waals surface area contributed by atoms with Crippen LogP contribution < -0.4 is 0 Å².